The molecule has 1 N–H and O–H groups in total. The van der Waals surface area contributed by atoms with Gasteiger partial charge in [0.15, 0.2) is 6.29 Å². The minimum atomic E-state index is -2.16. The molecular weight excluding hydrogens is 408 g/mol. The Morgan fingerprint density at radius 1 is 0.844 bits per heavy atom. The molecule has 0 radical (unpaired) electrons. The molecule has 1 aliphatic rings. The molecule has 3 heteroatoms. The lowest BCUT2D eigenvalue weighted by atomic mass is 10.0. The van der Waals surface area contributed by atoms with Gasteiger partial charge in [0.1, 0.15) is 8.07 Å². The summed E-state index contributed by atoms with van der Waals surface area (Å²) in [5, 5.41) is 13.3. The van der Waals surface area contributed by atoms with Crippen molar-refractivity contribution in [2.45, 2.75) is 57.1 Å². The van der Waals surface area contributed by atoms with Crippen LogP contribution in [0, 0.1) is 0 Å². The molecule has 0 spiro atoms. The van der Waals surface area contributed by atoms with Gasteiger partial charge in [-0.2, -0.15) is 0 Å². The van der Waals surface area contributed by atoms with Crippen molar-refractivity contribution in [1.29, 1.82) is 0 Å². The van der Waals surface area contributed by atoms with E-state index in [0.29, 0.717) is 0 Å². The third-order valence-corrected chi connectivity index (χ3v) is 13.2. The van der Waals surface area contributed by atoms with Crippen molar-refractivity contribution in [3.05, 3.63) is 108 Å². The maximum Gasteiger partial charge on any atom is 0.182 e. The highest BCUT2D eigenvalue weighted by molar-refractivity contribution is 7.04. The molecule has 2 unspecified atom stereocenters. The van der Waals surface area contributed by atoms with Crippen LogP contribution in [0.3, 0.4) is 0 Å². The van der Waals surface area contributed by atoms with Gasteiger partial charge in [-0.1, -0.05) is 122 Å². The minimum absolute atomic E-state index is 0.0721. The van der Waals surface area contributed by atoms with E-state index in [0.717, 1.165) is 30.0 Å². The van der Waals surface area contributed by atoms with Gasteiger partial charge < -0.3 is 9.84 Å². The number of aliphatic hydroxyl groups is 1. The Balaban J connectivity index is 1.61. The number of allylic oxidation sites excluding steroid dienone is 1. The highest BCUT2D eigenvalue weighted by Crippen LogP contribution is 2.43. The fraction of sp³-hybridized carbons (Fsp3) is 0.310. The standard InChI is InChI=1S/C29H34O2Si/c1-22(19-20-27-25-17-11-12-18-26(25)28(30)31-27)21-32(29(2,3)4,23-13-7-5-8-14-23)24-15-9-6-10-16-24/h5-18,27-28,30H,1,19-21H2,2-4H3. The predicted molar refractivity (Wildman–Crippen MR) is 136 cm³/mol. The van der Waals surface area contributed by atoms with Crippen LogP contribution in [0.25, 0.3) is 0 Å². The maximum absolute atomic E-state index is 10.3. The molecule has 0 bridgehead atoms. The van der Waals surface area contributed by atoms with E-state index >= 15 is 0 Å². The molecule has 166 valence electrons. The van der Waals surface area contributed by atoms with Crippen LogP contribution in [0.15, 0.2) is 97.1 Å². The molecule has 0 aliphatic carbocycles. The number of ether oxygens (including phenoxy) is 1. The fourth-order valence-corrected chi connectivity index (χ4v) is 10.8. The van der Waals surface area contributed by atoms with E-state index in [1.165, 1.54) is 15.9 Å². The normalized spacial score (nSPS) is 18.4. The highest BCUT2D eigenvalue weighted by atomic mass is 28.3. The zero-order valence-electron chi connectivity index (χ0n) is 19.4. The predicted octanol–water partition coefficient (Wildman–Crippen LogP) is 6.15. The zero-order chi connectivity index (χ0) is 22.8. The molecular formula is C29H34O2Si. The van der Waals surface area contributed by atoms with Crippen molar-refractivity contribution in [3.8, 4) is 0 Å². The first-order chi connectivity index (χ1) is 15.3. The average molecular weight is 443 g/mol. The first kappa shape index (κ1) is 22.7. The molecule has 0 saturated carbocycles. The number of benzene rings is 3. The van der Waals surface area contributed by atoms with Crippen molar-refractivity contribution < 1.29 is 9.84 Å². The van der Waals surface area contributed by atoms with Gasteiger partial charge in [-0.3, -0.25) is 0 Å². The summed E-state index contributed by atoms with van der Waals surface area (Å²) in [4.78, 5) is 0. The van der Waals surface area contributed by atoms with Gasteiger partial charge in [-0.25, -0.2) is 0 Å². The third kappa shape index (κ3) is 4.25. The van der Waals surface area contributed by atoms with Crippen molar-refractivity contribution in [1.82, 2.24) is 0 Å². The Labute approximate surface area is 193 Å². The lowest BCUT2D eigenvalue weighted by Crippen LogP contribution is -2.64. The molecule has 3 aromatic rings. The molecule has 3 aromatic carbocycles. The van der Waals surface area contributed by atoms with Crippen LogP contribution in [0.4, 0.5) is 0 Å². The van der Waals surface area contributed by atoms with Gasteiger partial charge in [0.05, 0.1) is 6.10 Å². The van der Waals surface area contributed by atoms with E-state index in [4.69, 9.17) is 4.74 Å². The van der Waals surface area contributed by atoms with Gasteiger partial charge in [0.2, 0.25) is 0 Å². The maximum atomic E-state index is 10.3. The van der Waals surface area contributed by atoms with Gasteiger partial charge in [0, 0.05) is 5.56 Å². The molecule has 2 atom stereocenters. The second kappa shape index (κ2) is 9.19. The Kier molecular flexibility index (Phi) is 6.52. The summed E-state index contributed by atoms with van der Waals surface area (Å²) in [5.74, 6) is 0. The van der Waals surface area contributed by atoms with E-state index < -0.39 is 14.4 Å². The molecule has 0 aromatic heterocycles. The summed E-state index contributed by atoms with van der Waals surface area (Å²) < 4.78 is 5.87. The lowest BCUT2D eigenvalue weighted by Gasteiger charge is -2.45. The van der Waals surface area contributed by atoms with Crippen LogP contribution in [0.2, 0.25) is 11.1 Å². The molecule has 0 saturated heterocycles. The molecule has 32 heavy (non-hydrogen) atoms. The molecule has 1 heterocycles. The lowest BCUT2D eigenvalue weighted by molar-refractivity contribution is -0.122. The van der Waals surface area contributed by atoms with E-state index in [9.17, 15) is 5.11 Å². The van der Waals surface area contributed by atoms with Gasteiger partial charge in [-0.15, -0.1) is 6.58 Å². The van der Waals surface area contributed by atoms with Crippen LogP contribution >= 0.6 is 0 Å². The summed E-state index contributed by atoms with van der Waals surface area (Å²) in [6.07, 6.45) is 0.833. The van der Waals surface area contributed by atoms with E-state index in [1.807, 2.05) is 18.2 Å². The largest absolute Gasteiger partial charge is 0.364 e. The van der Waals surface area contributed by atoms with E-state index in [1.54, 1.807) is 0 Å². The SMILES string of the molecule is C=C(CCC1OC(O)c2ccccc21)C[Si](c1ccccc1)(c1ccccc1)C(C)(C)C. The molecule has 0 fully saturated rings. The number of aliphatic hydroxyl groups excluding tert-OH is 1. The Hall–Kier alpha value is -2.46. The highest BCUT2D eigenvalue weighted by Gasteiger charge is 2.47. The Morgan fingerprint density at radius 2 is 1.34 bits per heavy atom. The second-order valence-corrected chi connectivity index (χ2v) is 14.8. The number of hydrogen-bond acceptors (Lipinski definition) is 2. The van der Waals surface area contributed by atoms with Crippen molar-refractivity contribution in [2.75, 3.05) is 0 Å². The summed E-state index contributed by atoms with van der Waals surface area (Å²) in [5.41, 5.74) is 3.27. The number of hydrogen-bond donors (Lipinski definition) is 1. The molecule has 1 aliphatic heterocycles. The van der Waals surface area contributed by atoms with Crippen molar-refractivity contribution in [3.63, 3.8) is 0 Å². The smallest absolute Gasteiger partial charge is 0.182 e. The van der Waals surface area contributed by atoms with Crippen LogP contribution in [0.1, 0.15) is 57.1 Å². The van der Waals surface area contributed by atoms with E-state index in [-0.39, 0.29) is 11.1 Å². The fourth-order valence-electron chi connectivity index (χ4n) is 5.30. The third-order valence-electron chi connectivity index (χ3n) is 6.99. The number of fused-ring (bicyclic) bond motifs is 1. The van der Waals surface area contributed by atoms with Crippen LogP contribution in [0.5, 0.6) is 0 Å². The molecule has 4 rings (SSSR count). The first-order valence-electron chi connectivity index (χ1n) is 11.5. The summed E-state index contributed by atoms with van der Waals surface area (Å²) in [6, 6.07) is 31.1. The van der Waals surface area contributed by atoms with Crippen LogP contribution in [-0.2, 0) is 4.74 Å². The van der Waals surface area contributed by atoms with Gasteiger partial charge >= 0.3 is 0 Å². The minimum Gasteiger partial charge on any atom is -0.364 e. The molecule has 0 amide bonds. The van der Waals surface area contributed by atoms with Gasteiger partial charge in [0.25, 0.3) is 0 Å². The Bertz CT molecular complexity index is 1010. The van der Waals surface area contributed by atoms with Crippen molar-refractivity contribution in [2.24, 2.45) is 0 Å². The van der Waals surface area contributed by atoms with E-state index in [2.05, 4.69) is 94.1 Å². The summed E-state index contributed by atoms with van der Waals surface area (Å²) in [7, 11) is -2.16. The summed E-state index contributed by atoms with van der Waals surface area (Å²) >= 11 is 0. The first-order valence-corrected chi connectivity index (χ1v) is 13.7. The Morgan fingerprint density at radius 3 is 1.88 bits per heavy atom. The quantitative estimate of drug-likeness (QED) is 0.351. The van der Waals surface area contributed by atoms with Crippen LogP contribution in [-0.4, -0.2) is 13.2 Å². The molecule has 2 nitrogen and oxygen atoms in total. The second-order valence-electron chi connectivity index (χ2n) is 9.96. The summed E-state index contributed by atoms with van der Waals surface area (Å²) in [6.45, 7) is 11.7. The topological polar surface area (TPSA) is 29.5 Å². The monoisotopic (exact) mass is 442 g/mol. The van der Waals surface area contributed by atoms with Crippen LogP contribution < -0.4 is 10.4 Å². The zero-order valence-corrected chi connectivity index (χ0v) is 20.4. The number of rotatable bonds is 7. The average Bonchev–Trinajstić information content (AvgIpc) is 3.12. The van der Waals surface area contributed by atoms with Gasteiger partial charge in [-0.05, 0) is 29.5 Å². The van der Waals surface area contributed by atoms with Crippen molar-refractivity contribution >= 4 is 18.4 Å².